The fourth-order valence-electron chi connectivity index (χ4n) is 2.76. The Bertz CT molecular complexity index is 449. The molecule has 2 aliphatic heterocycles. The number of carbonyl (C=O) groups is 2. The van der Waals surface area contributed by atoms with Crippen LogP contribution in [0.4, 0.5) is 9.59 Å². The topological polar surface area (TPSA) is 97.4 Å². The van der Waals surface area contributed by atoms with Crippen LogP contribution in [0.5, 0.6) is 0 Å². The smallest absolute Gasteiger partial charge is 0.359 e. The minimum atomic E-state index is -0.784. The molecule has 2 aliphatic rings. The molecule has 0 aromatic rings. The van der Waals surface area contributed by atoms with Crippen LogP contribution in [-0.4, -0.2) is 47.2 Å². The normalized spacial score (nSPS) is 25.6. The highest BCUT2D eigenvalue weighted by Crippen LogP contribution is 2.20. The molecule has 0 aromatic carbocycles. The molecule has 112 valence electrons. The number of amides is 2. The zero-order valence-electron chi connectivity index (χ0n) is 11.8. The molecular formula is C14H18N4O3. The van der Waals surface area contributed by atoms with Gasteiger partial charge in [-0.2, -0.15) is 10.5 Å². The number of hydrogen-bond acceptors (Lipinski definition) is 5. The molecule has 0 bridgehead atoms. The van der Waals surface area contributed by atoms with Crippen molar-refractivity contribution in [3.8, 4) is 12.1 Å². The lowest BCUT2D eigenvalue weighted by molar-refractivity contribution is 0.0724. The molecule has 0 spiro atoms. The van der Waals surface area contributed by atoms with Crippen LogP contribution in [0.2, 0.25) is 0 Å². The maximum Gasteiger partial charge on any atom is 0.419 e. The third kappa shape index (κ3) is 3.43. The fraction of sp³-hybridized carbons (Fsp3) is 0.714. The zero-order valence-corrected chi connectivity index (χ0v) is 11.8. The van der Waals surface area contributed by atoms with Gasteiger partial charge < -0.3 is 4.74 Å². The largest absolute Gasteiger partial charge is 0.419 e. The summed E-state index contributed by atoms with van der Waals surface area (Å²) in [5, 5.41) is 18.1. The maximum absolute atomic E-state index is 12.0. The van der Waals surface area contributed by atoms with Crippen molar-refractivity contribution >= 4 is 12.2 Å². The molecular weight excluding hydrogens is 272 g/mol. The van der Waals surface area contributed by atoms with Gasteiger partial charge in [0.25, 0.3) is 0 Å². The van der Waals surface area contributed by atoms with Crippen molar-refractivity contribution in [2.45, 2.75) is 50.6 Å². The van der Waals surface area contributed by atoms with E-state index in [0.717, 1.165) is 25.7 Å². The Kier molecular flexibility index (Phi) is 4.99. The Morgan fingerprint density at radius 2 is 1.29 bits per heavy atom. The molecule has 2 rings (SSSR count). The highest BCUT2D eigenvalue weighted by molar-refractivity contribution is 5.84. The summed E-state index contributed by atoms with van der Waals surface area (Å²) in [6.45, 7) is 0.845. The summed E-state index contributed by atoms with van der Waals surface area (Å²) >= 11 is 0. The predicted molar refractivity (Wildman–Crippen MR) is 71.8 cm³/mol. The number of carbonyl (C=O) groups excluding carboxylic acids is 2. The molecule has 2 unspecified atom stereocenters. The van der Waals surface area contributed by atoms with Gasteiger partial charge in [0.15, 0.2) is 0 Å². The van der Waals surface area contributed by atoms with E-state index >= 15 is 0 Å². The van der Waals surface area contributed by atoms with Crippen LogP contribution in [0, 0.1) is 22.7 Å². The molecule has 2 saturated heterocycles. The second-order valence-electron chi connectivity index (χ2n) is 5.30. The van der Waals surface area contributed by atoms with E-state index in [1.165, 1.54) is 9.80 Å². The van der Waals surface area contributed by atoms with Gasteiger partial charge in [-0.1, -0.05) is 0 Å². The molecule has 2 fully saturated rings. The number of likely N-dealkylation sites (tertiary alicyclic amines) is 2. The highest BCUT2D eigenvalue weighted by Gasteiger charge is 2.33. The second kappa shape index (κ2) is 6.94. The van der Waals surface area contributed by atoms with E-state index < -0.39 is 24.3 Å². The van der Waals surface area contributed by atoms with E-state index in [1.807, 2.05) is 0 Å². The first-order valence-corrected chi connectivity index (χ1v) is 7.25. The van der Waals surface area contributed by atoms with Crippen molar-refractivity contribution in [3.05, 3.63) is 0 Å². The average molecular weight is 290 g/mol. The molecule has 0 aromatic heterocycles. The summed E-state index contributed by atoms with van der Waals surface area (Å²) in [5.74, 6) is 0. The molecule has 21 heavy (non-hydrogen) atoms. The van der Waals surface area contributed by atoms with Gasteiger partial charge in [0.05, 0.1) is 12.1 Å². The zero-order chi connectivity index (χ0) is 15.2. The monoisotopic (exact) mass is 290 g/mol. The van der Waals surface area contributed by atoms with Crippen molar-refractivity contribution in [2.24, 2.45) is 0 Å². The van der Waals surface area contributed by atoms with Crippen molar-refractivity contribution in [3.63, 3.8) is 0 Å². The Hall–Kier alpha value is -2.28. The molecule has 0 N–H and O–H groups in total. The van der Waals surface area contributed by atoms with Gasteiger partial charge in [-0.25, -0.2) is 9.59 Å². The molecule has 2 amide bonds. The first-order chi connectivity index (χ1) is 10.2. The van der Waals surface area contributed by atoms with E-state index in [0.29, 0.717) is 25.9 Å². The van der Waals surface area contributed by atoms with Crippen molar-refractivity contribution in [2.75, 3.05) is 13.1 Å². The van der Waals surface area contributed by atoms with Crippen molar-refractivity contribution in [1.29, 1.82) is 10.5 Å². The van der Waals surface area contributed by atoms with Gasteiger partial charge in [0, 0.05) is 13.1 Å². The highest BCUT2D eigenvalue weighted by atomic mass is 16.6. The van der Waals surface area contributed by atoms with Crippen molar-refractivity contribution in [1.82, 2.24) is 9.80 Å². The molecule has 0 saturated carbocycles. The SMILES string of the molecule is N#CC1CCCCN1C(=O)OC(=O)N1CCCCC1C#N. The van der Waals surface area contributed by atoms with Crippen LogP contribution in [0.15, 0.2) is 0 Å². The van der Waals surface area contributed by atoms with Crippen LogP contribution in [0.3, 0.4) is 0 Å². The number of nitriles is 2. The number of nitrogens with zero attached hydrogens (tertiary/aromatic N) is 4. The number of rotatable bonds is 0. The van der Waals surface area contributed by atoms with Gasteiger partial charge in [-0.15, -0.1) is 0 Å². The molecule has 7 nitrogen and oxygen atoms in total. The third-order valence-electron chi connectivity index (χ3n) is 3.95. The fourth-order valence-corrected chi connectivity index (χ4v) is 2.76. The lowest BCUT2D eigenvalue weighted by Crippen LogP contribution is -2.48. The van der Waals surface area contributed by atoms with Gasteiger partial charge >= 0.3 is 12.2 Å². The minimum absolute atomic E-state index is 0.423. The average Bonchev–Trinajstić information content (AvgIpc) is 2.54. The van der Waals surface area contributed by atoms with Crippen LogP contribution in [0.25, 0.3) is 0 Å². The van der Waals surface area contributed by atoms with E-state index in [-0.39, 0.29) is 0 Å². The number of ether oxygens (including phenoxy) is 1. The number of piperidine rings is 2. The molecule has 7 heteroatoms. The van der Waals surface area contributed by atoms with Crippen LogP contribution >= 0.6 is 0 Å². The van der Waals surface area contributed by atoms with Gasteiger partial charge in [-0.3, -0.25) is 9.80 Å². The molecule has 2 heterocycles. The van der Waals surface area contributed by atoms with Crippen LogP contribution in [-0.2, 0) is 4.74 Å². The standard InChI is InChI=1S/C14H18N4O3/c15-9-11-5-1-3-7-17(11)13(19)21-14(20)18-8-4-2-6-12(18)10-16/h11-12H,1-8H2. The summed E-state index contributed by atoms with van der Waals surface area (Å²) in [6.07, 6.45) is 3.01. The Balaban J connectivity index is 1.97. The predicted octanol–water partition coefficient (Wildman–Crippen LogP) is 2.00. The Labute approximate surface area is 123 Å². The first kappa shape index (κ1) is 15.1. The van der Waals surface area contributed by atoms with Crippen LogP contribution < -0.4 is 0 Å². The first-order valence-electron chi connectivity index (χ1n) is 7.25. The summed E-state index contributed by atoms with van der Waals surface area (Å²) in [6, 6.07) is 3.04. The van der Waals surface area contributed by atoms with Crippen molar-refractivity contribution < 1.29 is 14.3 Å². The maximum atomic E-state index is 12.0. The van der Waals surface area contributed by atoms with Gasteiger partial charge in [0.1, 0.15) is 12.1 Å². The van der Waals surface area contributed by atoms with Gasteiger partial charge in [-0.05, 0) is 38.5 Å². The summed E-state index contributed by atoms with van der Waals surface area (Å²) in [5.41, 5.74) is 0. The molecule has 0 aliphatic carbocycles. The lowest BCUT2D eigenvalue weighted by Gasteiger charge is -2.33. The molecule has 2 atom stereocenters. The van der Waals surface area contributed by atoms with E-state index in [4.69, 9.17) is 15.3 Å². The van der Waals surface area contributed by atoms with Crippen LogP contribution in [0.1, 0.15) is 38.5 Å². The summed E-state index contributed by atoms with van der Waals surface area (Å²) < 4.78 is 4.87. The summed E-state index contributed by atoms with van der Waals surface area (Å²) in [7, 11) is 0. The van der Waals surface area contributed by atoms with Gasteiger partial charge in [0.2, 0.25) is 0 Å². The molecule has 0 radical (unpaired) electrons. The Morgan fingerprint density at radius 1 is 0.857 bits per heavy atom. The lowest BCUT2D eigenvalue weighted by atomic mass is 10.0. The van der Waals surface area contributed by atoms with E-state index in [9.17, 15) is 9.59 Å². The third-order valence-corrected chi connectivity index (χ3v) is 3.95. The number of hydrogen-bond donors (Lipinski definition) is 0. The van der Waals surface area contributed by atoms with E-state index in [2.05, 4.69) is 12.1 Å². The minimum Gasteiger partial charge on any atom is -0.359 e. The quantitative estimate of drug-likeness (QED) is 0.635. The Morgan fingerprint density at radius 3 is 1.67 bits per heavy atom. The second-order valence-corrected chi connectivity index (χ2v) is 5.30. The van der Waals surface area contributed by atoms with E-state index in [1.54, 1.807) is 0 Å². The summed E-state index contributed by atoms with van der Waals surface area (Å²) in [4.78, 5) is 26.7.